The zero-order valence-electron chi connectivity index (χ0n) is 16.0. The van der Waals surface area contributed by atoms with Gasteiger partial charge in [-0.3, -0.25) is 19.7 Å². The molecule has 0 aromatic heterocycles. The Balaban J connectivity index is 1.54. The molecule has 1 atom stereocenters. The Labute approximate surface area is 177 Å². The van der Waals surface area contributed by atoms with Gasteiger partial charge in [-0.15, -0.1) is 0 Å². The van der Waals surface area contributed by atoms with E-state index in [2.05, 4.69) is 31.5 Å². The number of hydrogen-bond acceptors (Lipinski definition) is 6. The summed E-state index contributed by atoms with van der Waals surface area (Å²) in [6, 6.07) is 12.9. The smallest absolute Gasteiger partial charge is 0.252 e. The molecule has 0 spiro atoms. The number of hydrogen-bond donors (Lipinski definition) is 4. The van der Waals surface area contributed by atoms with Crippen molar-refractivity contribution in [2.45, 2.75) is 19.4 Å². The van der Waals surface area contributed by atoms with Gasteiger partial charge >= 0.3 is 0 Å². The number of nitrogens with one attached hydrogen (secondary N) is 4. The van der Waals surface area contributed by atoms with E-state index in [0.29, 0.717) is 16.4 Å². The summed E-state index contributed by atoms with van der Waals surface area (Å²) in [6.07, 6.45) is 1.41. The molecule has 0 bridgehead atoms. The van der Waals surface area contributed by atoms with Gasteiger partial charge in [-0.05, 0) is 35.9 Å². The van der Waals surface area contributed by atoms with Crippen LogP contribution in [0.5, 0.6) is 0 Å². The van der Waals surface area contributed by atoms with Crippen LogP contribution in [-0.4, -0.2) is 35.9 Å². The summed E-state index contributed by atoms with van der Waals surface area (Å²) < 4.78 is 0. The Morgan fingerprint density at radius 1 is 1.17 bits per heavy atom. The number of halogens is 1. The highest BCUT2D eigenvalue weighted by Gasteiger charge is 2.28. The van der Waals surface area contributed by atoms with Crippen LogP contribution in [-0.2, 0) is 14.4 Å². The van der Waals surface area contributed by atoms with Gasteiger partial charge in [-0.1, -0.05) is 29.8 Å². The van der Waals surface area contributed by atoms with Gasteiger partial charge in [-0.2, -0.15) is 5.10 Å². The average molecular weight is 427 g/mol. The molecule has 30 heavy (non-hydrogen) atoms. The molecule has 1 unspecified atom stereocenters. The van der Waals surface area contributed by atoms with E-state index in [1.54, 1.807) is 54.7 Å². The molecule has 4 N–H and O–H groups in total. The predicted molar refractivity (Wildman–Crippen MR) is 116 cm³/mol. The van der Waals surface area contributed by atoms with Gasteiger partial charge in [0.2, 0.25) is 17.8 Å². The van der Waals surface area contributed by atoms with Crippen LogP contribution in [0, 0.1) is 0 Å². The first kappa shape index (κ1) is 21.0. The molecule has 2 aromatic carbocycles. The minimum absolute atomic E-state index is 0.137. The third-order valence-corrected chi connectivity index (χ3v) is 4.18. The van der Waals surface area contributed by atoms with E-state index in [9.17, 15) is 14.4 Å². The lowest BCUT2D eigenvalue weighted by molar-refractivity contribution is -0.123. The number of anilines is 2. The summed E-state index contributed by atoms with van der Waals surface area (Å²) in [5.41, 5.74) is 4.51. The standard InChI is InChI=1S/C20H19ClN6O3/c1-12(28)23-15-3-2-4-16(9-15)24-18(29)10-17-19(30)26-20(25-17)27-22-11-13-5-7-14(21)8-6-13/h2-9,11,17H,10H2,1H3,(H,23,28)(H,24,29)(H2,25,26,27,30). The number of benzene rings is 2. The van der Waals surface area contributed by atoms with Crippen molar-refractivity contribution in [2.75, 3.05) is 10.6 Å². The molecule has 2 aromatic rings. The van der Waals surface area contributed by atoms with Crippen molar-refractivity contribution >= 4 is 52.9 Å². The second-order valence-corrected chi connectivity index (χ2v) is 6.86. The van der Waals surface area contributed by atoms with Crippen LogP contribution in [0.1, 0.15) is 18.9 Å². The molecule has 9 nitrogen and oxygen atoms in total. The van der Waals surface area contributed by atoms with Gasteiger partial charge in [0.25, 0.3) is 5.91 Å². The first-order valence-electron chi connectivity index (χ1n) is 9.00. The van der Waals surface area contributed by atoms with Crippen LogP contribution in [0.4, 0.5) is 11.4 Å². The zero-order valence-corrected chi connectivity index (χ0v) is 16.7. The molecule has 1 aliphatic heterocycles. The Bertz CT molecular complexity index is 1020. The summed E-state index contributed by atoms with van der Waals surface area (Å²) in [5.74, 6) is -0.837. The molecule has 3 amide bonds. The summed E-state index contributed by atoms with van der Waals surface area (Å²) >= 11 is 5.83. The molecule has 0 radical (unpaired) electrons. The lowest BCUT2D eigenvalue weighted by atomic mass is 10.2. The van der Waals surface area contributed by atoms with Crippen molar-refractivity contribution in [3.63, 3.8) is 0 Å². The first-order chi connectivity index (χ1) is 14.4. The summed E-state index contributed by atoms with van der Waals surface area (Å²) in [5, 5.41) is 12.5. The SMILES string of the molecule is CC(=O)Nc1cccc(NC(=O)CC2N=C(NN=Cc3ccc(Cl)cc3)NC2=O)c1. The zero-order chi connectivity index (χ0) is 21.5. The number of hydrazone groups is 1. The second kappa shape index (κ2) is 9.66. The van der Waals surface area contributed by atoms with Crippen molar-refractivity contribution in [2.24, 2.45) is 10.1 Å². The number of aliphatic imine (C=N–C) groups is 1. The lowest BCUT2D eigenvalue weighted by Gasteiger charge is -2.09. The minimum atomic E-state index is -0.864. The molecule has 1 heterocycles. The first-order valence-corrected chi connectivity index (χ1v) is 9.37. The molecule has 0 saturated heterocycles. The van der Waals surface area contributed by atoms with E-state index in [0.717, 1.165) is 5.56 Å². The van der Waals surface area contributed by atoms with Gasteiger partial charge in [0, 0.05) is 23.3 Å². The van der Waals surface area contributed by atoms with E-state index in [4.69, 9.17) is 11.6 Å². The van der Waals surface area contributed by atoms with Crippen LogP contribution in [0.25, 0.3) is 0 Å². The van der Waals surface area contributed by atoms with Crippen LogP contribution in [0.3, 0.4) is 0 Å². The van der Waals surface area contributed by atoms with Crippen molar-refractivity contribution in [1.29, 1.82) is 0 Å². The molecule has 1 aliphatic rings. The van der Waals surface area contributed by atoms with Crippen LogP contribution >= 0.6 is 11.6 Å². The number of guanidine groups is 1. The summed E-state index contributed by atoms with van der Waals surface area (Å²) in [4.78, 5) is 39.6. The molecule has 0 fully saturated rings. The maximum atomic E-state index is 12.3. The number of carbonyl (C=O) groups is 3. The number of carbonyl (C=O) groups excluding carboxylic acids is 3. The quantitative estimate of drug-likeness (QED) is 0.417. The van der Waals surface area contributed by atoms with Gasteiger partial charge in [0.15, 0.2) is 0 Å². The van der Waals surface area contributed by atoms with E-state index < -0.39 is 11.9 Å². The summed E-state index contributed by atoms with van der Waals surface area (Å²) in [7, 11) is 0. The normalized spacial score (nSPS) is 15.5. The Hall–Kier alpha value is -3.72. The van der Waals surface area contributed by atoms with Gasteiger partial charge in [-0.25, -0.2) is 10.4 Å². The number of nitrogens with zero attached hydrogens (tertiary/aromatic N) is 2. The monoisotopic (exact) mass is 426 g/mol. The van der Waals surface area contributed by atoms with E-state index in [1.165, 1.54) is 6.92 Å². The number of rotatable bonds is 6. The van der Waals surface area contributed by atoms with Crippen LogP contribution < -0.4 is 21.4 Å². The lowest BCUT2D eigenvalue weighted by Crippen LogP contribution is -2.35. The molecule has 3 rings (SSSR count). The third kappa shape index (κ3) is 6.14. The van der Waals surface area contributed by atoms with E-state index in [1.807, 2.05) is 0 Å². The summed E-state index contributed by atoms with van der Waals surface area (Å²) in [6.45, 7) is 1.40. The fourth-order valence-corrected chi connectivity index (χ4v) is 2.75. The topological polar surface area (TPSA) is 124 Å². The molecule has 154 valence electrons. The highest BCUT2D eigenvalue weighted by atomic mass is 35.5. The van der Waals surface area contributed by atoms with Gasteiger partial charge in [0.05, 0.1) is 12.6 Å². The van der Waals surface area contributed by atoms with Gasteiger partial charge < -0.3 is 10.6 Å². The number of amides is 3. The Morgan fingerprint density at radius 2 is 1.87 bits per heavy atom. The van der Waals surface area contributed by atoms with Gasteiger partial charge in [0.1, 0.15) is 6.04 Å². The van der Waals surface area contributed by atoms with E-state index >= 15 is 0 Å². The highest BCUT2D eigenvalue weighted by molar-refractivity contribution is 6.30. The highest BCUT2D eigenvalue weighted by Crippen LogP contribution is 2.16. The van der Waals surface area contributed by atoms with Crippen molar-refractivity contribution in [3.05, 3.63) is 59.1 Å². The molecular weight excluding hydrogens is 408 g/mol. The van der Waals surface area contributed by atoms with E-state index in [-0.39, 0.29) is 24.2 Å². The molecule has 0 aliphatic carbocycles. The fourth-order valence-electron chi connectivity index (χ4n) is 2.62. The predicted octanol–water partition coefficient (Wildman–Crippen LogP) is 2.11. The molecule has 0 saturated carbocycles. The minimum Gasteiger partial charge on any atom is -0.326 e. The van der Waals surface area contributed by atoms with Crippen molar-refractivity contribution in [1.82, 2.24) is 10.7 Å². The van der Waals surface area contributed by atoms with Crippen LogP contribution in [0.2, 0.25) is 5.02 Å². The van der Waals surface area contributed by atoms with Crippen LogP contribution in [0.15, 0.2) is 58.6 Å². The third-order valence-electron chi connectivity index (χ3n) is 3.93. The maximum absolute atomic E-state index is 12.3. The Kier molecular flexibility index (Phi) is 6.76. The molecule has 10 heteroatoms. The largest absolute Gasteiger partial charge is 0.326 e. The second-order valence-electron chi connectivity index (χ2n) is 6.42. The fraction of sp³-hybridized carbons (Fsp3) is 0.150. The average Bonchev–Trinajstić information content (AvgIpc) is 3.02. The maximum Gasteiger partial charge on any atom is 0.252 e. The molecular formula is C20H19ClN6O3. The Morgan fingerprint density at radius 3 is 2.57 bits per heavy atom. The van der Waals surface area contributed by atoms with Crippen molar-refractivity contribution in [3.8, 4) is 0 Å². The van der Waals surface area contributed by atoms with Crippen molar-refractivity contribution < 1.29 is 14.4 Å².